The van der Waals surface area contributed by atoms with Crippen molar-refractivity contribution < 1.29 is 8.78 Å². The Balaban J connectivity index is 2.36. The lowest BCUT2D eigenvalue weighted by atomic mass is 9.96. The third-order valence-electron chi connectivity index (χ3n) is 3.00. The van der Waals surface area contributed by atoms with Gasteiger partial charge in [-0.2, -0.15) is 0 Å². The second-order valence-corrected chi connectivity index (χ2v) is 4.84. The Kier molecular flexibility index (Phi) is 5.31. The number of rotatable bonds is 5. The lowest BCUT2D eigenvalue weighted by molar-refractivity contribution is 0.627. The smallest absolute Gasteiger partial charge is 0.123 e. The highest BCUT2D eigenvalue weighted by atomic mass is 35.5. The highest BCUT2D eigenvalue weighted by Gasteiger charge is 2.05. The Labute approximate surface area is 122 Å². The summed E-state index contributed by atoms with van der Waals surface area (Å²) in [7, 11) is 0. The van der Waals surface area contributed by atoms with Crippen molar-refractivity contribution in [1.82, 2.24) is 0 Å². The van der Waals surface area contributed by atoms with Crippen molar-refractivity contribution in [2.24, 2.45) is 0 Å². The molecule has 3 heteroatoms. The zero-order chi connectivity index (χ0) is 14.4. The number of allylic oxidation sites excluding steroid dienone is 1. The molecule has 0 spiro atoms. The van der Waals surface area contributed by atoms with Gasteiger partial charge in [0.1, 0.15) is 11.6 Å². The summed E-state index contributed by atoms with van der Waals surface area (Å²) in [6.07, 6.45) is 3.75. The van der Waals surface area contributed by atoms with Crippen molar-refractivity contribution in [2.45, 2.75) is 12.8 Å². The SMILES string of the molecule is Fc1ccc(C(=CCCCCl)c2ccc(F)cc2)cc1. The van der Waals surface area contributed by atoms with Gasteiger partial charge >= 0.3 is 0 Å². The predicted molar refractivity (Wildman–Crippen MR) is 79.8 cm³/mol. The molecule has 20 heavy (non-hydrogen) atoms. The monoisotopic (exact) mass is 292 g/mol. The lowest BCUT2D eigenvalue weighted by Crippen LogP contribution is -1.90. The van der Waals surface area contributed by atoms with E-state index in [1.807, 2.05) is 0 Å². The predicted octanol–water partition coefficient (Wildman–Crippen LogP) is 5.42. The highest BCUT2D eigenvalue weighted by Crippen LogP contribution is 2.25. The molecule has 0 fully saturated rings. The molecule has 0 nitrogen and oxygen atoms in total. The van der Waals surface area contributed by atoms with Gasteiger partial charge in [0.25, 0.3) is 0 Å². The van der Waals surface area contributed by atoms with Crippen molar-refractivity contribution in [3.63, 3.8) is 0 Å². The molecule has 2 aromatic carbocycles. The van der Waals surface area contributed by atoms with Crippen LogP contribution in [0.1, 0.15) is 24.0 Å². The zero-order valence-electron chi connectivity index (χ0n) is 11.0. The molecule has 0 saturated heterocycles. The molecule has 0 aliphatic rings. The second kappa shape index (κ2) is 7.20. The van der Waals surface area contributed by atoms with E-state index in [4.69, 9.17) is 11.6 Å². The molecular formula is C17H15ClF2. The van der Waals surface area contributed by atoms with E-state index in [1.54, 1.807) is 24.3 Å². The van der Waals surface area contributed by atoms with Gasteiger partial charge in [-0.15, -0.1) is 11.6 Å². The summed E-state index contributed by atoms with van der Waals surface area (Å²) in [5.74, 6) is 0.0531. The molecule has 104 valence electrons. The Bertz CT molecular complexity index is 523. The van der Waals surface area contributed by atoms with Gasteiger partial charge in [0, 0.05) is 5.88 Å². The molecule has 0 radical (unpaired) electrons. The number of alkyl halides is 1. The van der Waals surface area contributed by atoms with Gasteiger partial charge in [-0.1, -0.05) is 30.3 Å². The lowest BCUT2D eigenvalue weighted by Gasteiger charge is -2.09. The number of halogens is 3. The topological polar surface area (TPSA) is 0 Å². The maximum atomic E-state index is 13.0. The first-order chi connectivity index (χ1) is 9.70. The molecule has 0 unspecified atom stereocenters. The average Bonchev–Trinajstić information content (AvgIpc) is 2.46. The maximum Gasteiger partial charge on any atom is 0.123 e. The Hall–Kier alpha value is -1.67. The summed E-state index contributed by atoms with van der Waals surface area (Å²) in [6.45, 7) is 0. The van der Waals surface area contributed by atoms with Crippen LogP contribution >= 0.6 is 11.6 Å². The third-order valence-corrected chi connectivity index (χ3v) is 3.26. The normalized spacial score (nSPS) is 10.3. The highest BCUT2D eigenvalue weighted by molar-refractivity contribution is 6.17. The fourth-order valence-electron chi connectivity index (χ4n) is 1.98. The van der Waals surface area contributed by atoms with Crippen LogP contribution in [0.15, 0.2) is 54.6 Å². The molecule has 0 aromatic heterocycles. The first-order valence-electron chi connectivity index (χ1n) is 6.48. The average molecular weight is 293 g/mol. The van der Waals surface area contributed by atoms with Crippen LogP contribution in [-0.4, -0.2) is 5.88 Å². The minimum atomic E-state index is -0.270. The molecular weight excluding hydrogens is 278 g/mol. The van der Waals surface area contributed by atoms with E-state index < -0.39 is 0 Å². The van der Waals surface area contributed by atoms with Crippen LogP contribution in [0.4, 0.5) is 8.78 Å². The number of benzene rings is 2. The molecule has 0 aliphatic heterocycles. The molecule has 2 rings (SSSR count). The van der Waals surface area contributed by atoms with Crippen LogP contribution in [0.2, 0.25) is 0 Å². The second-order valence-electron chi connectivity index (χ2n) is 4.46. The number of unbranched alkanes of at least 4 members (excludes halogenated alkanes) is 1. The molecule has 0 bridgehead atoms. The van der Waals surface area contributed by atoms with E-state index in [0.717, 1.165) is 29.5 Å². The van der Waals surface area contributed by atoms with Gasteiger partial charge in [-0.25, -0.2) is 8.78 Å². The Morgan fingerprint density at radius 1 is 0.850 bits per heavy atom. The largest absolute Gasteiger partial charge is 0.207 e. The van der Waals surface area contributed by atoms with Gasteiger partial charge in [0.05, 0.1) is 0 Å². The van der Waals surface area contributed by atoms with E-state index in [1.165, 1.54) is 24.3 Å². The van der Waals surface area contributed by atoms with E-state index in [-0.39, 0.29) is 11.6 Å². The third kappa shape index (κ3) is 3.91. The van der Waals surface area contributed by atoms with Crippen LogP contribution in [0.5, 0.6) is 0 Å². The molecule has 0 aliphatic carbocycles. The van der Waals surface area contributed by atoms with E-state index in [9.17, 15) is 8.78 Å². The molecule has 0 heterocycles. The van der Waals surface area contributed by atoms with E-state index in [0.29, 0.717) is 5.88 Å². The minimum absolute atomic E-state index is 0.270. The van der Waals surface area contributed by atoms with Crippen molar-refractivity contribution in [3.8, 4) is 0 Å². The summed E-state index contributed by atoms with van der Waals surface area (Å²) in [4.78, 5) is 0. The Morgan fingerprint density at radius 3 is 1.70 bits per heavy atom. The molecule has 0 N–H and O–H groups in total. The van der Waals surface area contributed by atoms with E-state index in [2.05, 4.69) is 6.08 Å². The van der Waals surface area contributed by atoms with Crippen molar-refractivity contribution in [1.29, 1.82) is 0 Å². The van der Waals surface area contributed by atoms with Crippen LogP contribution in [0.3, 0.4) is 0 Å². The number of hydrogen-bond donors (Lipinski definition) is 0. The summed E-state index contributed by atoms with van der Waals surface area (Å²) < 4.78 is 26.1. The standard InChI is InChI=1S/C17H15ClF2/c18-12-2-1-3-17(13-4-8-15(19)9-5-13)14-6-10-16(20)11-7-14/h3-11H,1-2,12H2. The van der Waals surface area contributed by atoms with Crippen molar-refractivity contribution >= 4 is 17.2 Å². The van der Waals surface area contributed by atoms with Crippen LogP contribution in [-0.2, 0) is 0 Å². The maximum absolute atomic E-state index is 13.0. The Morgan fingerprint density at radius 2 is 1.30 bits per heavy atom. The molecule has 0 saturated carbocycles. The summed E-state index contributed by atoms with van der Waals surface area (Å²) in [5.41, 5.74) is 2.79. The van der Waals surface area contributed by atoms with Crippen LogP contribution in [0, 0.1) is 11.6 Å². The fourth-order valence-corrected chi connectivity index (χ4v) is 2.14. The van der Waals surface area contributed by atoms with Crippen LogP contribution in [0.25, 0.3) is 5.57 Å². The van der Waals surface area contributed by atoms with Gasteiger partial charge in [0.15, 0.2) is 0 Å². The minimum Gasteiger partial charge on any atom is -0.207 e. The summed E-state index contributed by atoms with van der Waals surface area (Å²) in [6, 6.07) is 12.6. The van der Waals surface area contributed by atoms with Crippen molar-refractivity contribution in [3.05, 3.63) is 77.4 Å². The van der Waals surface area contributed by atoms with Gasteiger partial charge < -0.3 is 0 Å². The van der Waals surface area contributed by atoms with E-state index >= 15 is 0 Å². The molecule has 2 aromatic rings. The molecule has 0 amide bonds. The number of hydrogen-bond acceptors (Lipinski definition) is 0. The van der Waals surface area contributed by atoms with Gasteiger partial charge in [0.2, 0.25) is 0 Å². The van der Waals surface area contributed by atoms with Gasteiger partial charge in [-0.3, -0.25) is 0 Å². The summed E-state index contributed by atoms with van der Waals surface area (Å²) >= 11 is 5.69. The first kappa shape index (κ1) is 14.7. The van der Waals surface area contributed by atoms with Crippen molar-refractivity contribution in [2.75, 3.05) is 5.88 Å². The summed E-state index contributed by atoms with van der Waals surface area (Å²) in [5, 5.41) is 0. The zero-order valence-corrected chi connectivity index (χ0v) is 11.7. The molecule has 0 atom stereocenters. The quantitative estimate of drug-likeness (QED) is 0.510. The van der Waals surface area contributed by atoms with Crippen LogP contribution < -0.4 is 0 Å². The van der Waals surface area contributed by atoms with Gasteiger partial charge in [-0.05, 0) is 53.8 Å². The first-order valence-corrected chi connectivity index (χ1v) is 7.02. The fraction of sp³-hybridized carbons (Fsp3) is 0.176.